The van der Waals surface area contributed by atoms with E-state index in [0.29, 0.717) is 0 Å². The predicted octanol–water partition coefficient (Wildman–Crippen LogP) is 3.89. The summed E-state index contributed by atoms with van der Waals surface area (Å²) in [5.74, 6) is 2.01. The van der Waals surface area contributed by atoms with Crippen LogP contribution in [-0.2, 0) is 12.2 Å². The molecule has 86 valence electrons. The zero-order valence-corrected chi connectivity index (χ0v) is 10.6. The molecule has 0 saturated heterocycles. The van der Waals surface area contributed by atoms with Crippen molar-refractivity contribution in [2.45, 2.75) is 17.1 Å². The molecule has 1 heterocycles. The smallest absolute Gasteiger partial charge is 0.119 e. The number of hydrogen-bond acceptors (Lipinski definition) is 2. The van der Waals surface area contributed by atoms with E-state index in [1.54, 1.807) is 7.11 Å². The molecule has 0 unspecified atom stereocenters. The van der Waals surface area contributed by atoms with Crippen LogP contribution in [0.25, 0.3) is 0 Å². The first-order valence-corrected chi connectivity index (χ1v) is 6.72. The van der Waals surface area contributed by atoms with Crippen molar-refractivity contribution in [1.29, 1.82) is 0 Å². The molecule has 0 saturated carbocycles. The van der Waals surface area contributed by atoms with Crippen LogP contribution in [0.15, 0.2) is 47.4 Å². The molecule has 0 aliphatic carbocycles. The van der Waals surface area contributed by atoms with Crippen LogP contribution in [0.1, 0.15) is 16.7 Å². The molecule has 0 fully saturated rings. The molecule has 0 radical (unpaired) electrons. The van der Waals surface area contributed by atoms with E-state index in [0.717, 1.165) is 17.9 Å². The van der Waals surface area contributed by atoms with Crippen molar-refractivity contribution < 1.29 is 4.74 Å². The zero-order chi connectivity index (χ0) is 11.7. The van der Waals surface area contributed by atoms with Crippen molar-refractivity contribution in [2.24, 2.45) is 0 Å². The molecule has 2 aromatic rings. The molecule has 1 aliphatic heterocycles. The Kier molecular flexibility index (Phi) is 2.81. The first kappa shape index (κ1) is 10.7. The number of benzene rings is 2. The van der Waals surface area contributed by atoms with E-state index in [4.69, 9.17) is 4.74 Å². The summed E-state index contributed by atoms with van der Waals surface area (Å²) in [4.78, 5) is 1.38. The molecule has 1 aliphatic rings. The highest BCUT2D eigenvalue weighted by Gasteiger charge is 2.13. The van der Waals surface area contributed by atoms with Gasteiger partial charge in [0.25, 0.3) is 0 Å². The quantitative estimate of drug-likeness (QED) is 0.750. The Labute approximate surface area is 106 Å². The summed E-state index contributed by atoms with van der Waals surface area (Å²) in [6, 6.07) is 15.1. The van der Waals surface area contributed by atoms with E-state index in [1.165, 1.54) is 21.6 Å². The highest BCUT2D eigenvalue weighted by atomic mass is 32.2. The molecule has 0 amide bonds. The molecule has 0 atom stereocenters. The Morgan fingerprint density at radius 3 is 2.65 bits per heavy atom. The van der Waals surface area contributed by atoms with Gasteiger partial charge in [0.05, 0.1) is 7.11 Å². The van der Waals surface area contributed by atoms with Gasteiger partial charge in [0, 0.05) is 10.6 Å². The maximum atomic E-state index is 5.30. The predicted molar refractivity (Wildman–Crippen MR) is 71.8 cm³/mol. The van der Waals surface area contributed by atoms with Crippen LogP contribution in [0.5, 0.6) is 5.75 Å². The maximum absolute atomic E-state index is 5.30. The second kappa shape index (κ2) is 4.46. The molecule has 2 aromatic carbocycles. The van der Waals surface area contributed by atoms with Crippen molar-refractivity contribution in [3.63, 3.8) is 0 Å². The Morgan fingerprint density at radius 2 is 1.82 bits per heavy atom. The Balaban J connectivity index is 2.05. The minimum absolute atomic E-state index is 0.948. The summed E-state index contributed by atoms with van der Waals surface area (Å²) < 4.78 is 5.30. The fraction of sp³-hybridized carbons (Fsp3) is 0.200. The lowest BCUT2D eigenvalue weighted by Crippen LogP contribution is -1.92. The Bertz CT molecular complexity index is 548. The lowest BCUT2D eigenvalue weighted by molar-refractivity contribution is 0.414. The van der Waals surface area contributed by atoms with Crippen LogP contribution in [0.2, 0.25) is 0 Å². The van der Waals surface area contributed by atoms with Crippen molar-refractivity contribution in [1.82, 2.24) is 0 Å². The molecule has 17 heavy (non-hydrogen) atoms. The molecular weight excluding hydrogens is 228 g/mol. The van der Waals surface area contributed by atoms with Gasteiger partial charge < -0.3 is 4.74 Å². The Hall–Kier alpha value is -1.41. The van der Waals surface area contributed by atoms with Crippen molar-refractivity contribution in [2.75, 3.05) is 7.11 Å². The van der Waals surface area contributed by atoms with Crippen molar-refractivity contribution >= 4 is 11.8 Å². The van der Waals surface area contributed by atoms with Gasteiger partial charge >= 0.3 is 0 Å². The lowest BCUT2D eigenvalue weighted by Gasteiger charge is -2.07. The fourth-order valence-corrected chi connectivity index (χ4v) is 3.27. The zero-order valence-electron chi connectivity index (χ0n) is 9.77. The SMILES string of the molecule is COc1ccc2c(c1)Cc1ccccc1CS2. The number of ether oxygens (including phenoxy) is 1. The van der Waals surface area contributed by atoms with E-state index in [-0.39, 0.29) is 0 Å². The summed E-state index contributed by atoms with van der Waals surface area (Å²) in [5, 5.41) is 0. The minimum Gasteiger partial charge on any atom is -0.497 e. The average Bonchev–Trinajstić information content (AvgIpc) is 2.56. The summed E-state index contributed by atoms with van der Waals surface area (Å²) >= 11 is 1.92. The molecule has 0 N–H and O–H groups in total. The maximum Gasteiger partial charge on any atom is 0.119 e. The van der Waals surface area contributed by atoms with Gasteiger partial charge in [-0.25, -0.2) is 0 Å². The van der Waals surface area contributed by atoms with Crippen LogP contribution in [0.4, 0.5) is 0 Å². The number of fused-ring (bicyclic) bond motifs is 2. The third kappa shape index (κ3) is 2.05. The van der Waals surface area contributed by atoms with Gasteiger partial charge in [0.1, 0.15) is 5.75 Å². The molecule has 1 nitrogen and oxygen atoms in total. The van der Waals surface area contributed by atoms with Crippen molar-refractivity contribution in [3.05, 3.63) is 59.2 Å². The van der Waals surface area contributed by atoms with Gasteiger partial charge in [-0.05, 0) is 41.3 Å². The van der Waals surface area contributed by atoms with Gasteiger partial charge in [-0.15, -0.1) is 11.8 Å². The number of hydrogen-bond donors (Lipinski definition) is 0. The number of methoxy groups -OCH3 is 1. The number of rotatable bonds is 1. The summed E-state index contributed by atoms with van der Waals surface area (Å²) in [6.07, 6.45) is 1.01. The standard InChI is InChI=1S/C15H14OS/c1-16-14-6-7-15-13(9-14)8-11-4-2-3-5-12(11)10-17-15/h2-7,9H,8,10H2,1H3. The second-order valence-electron chi connectivity index (χ2n) is 4.21. The molecule has 3 rings (SSSR count). The van der Waals surface area contributed by atoms with Crippen LogP contribution < -0.4 is 4.74 Å². The normalized spacial score (nSPS) is 13.5. The van der Waals surface area contributed by atoms with Crippen molar-refractivity contribution in [3.8, 4) is 5.75 Å². The van der Waals surface area contributed by atoms with E-state index in [1.807, 2.05) is 17.8 Å². The van der Waals surface area contributed by atoms with Crippen LogP contribution in [0.3, 0.4) is 0 Å². The summed E-state index contributed by atoms with van der Waals surface area (Å²) in [7, 11) is 1.72. The topological polar surface area (TPSA) is 9.23 Å². The Morgan fingerprint density at radius 1 is 1.00 bits per heavy atom. The monoisotopic (exact) mass is 242 g/mol. The minimum atomic E-state index is 0.948. The van der Waals surface area contributed by atoms with Gasteiger partial charge in [0.2, 0.25) is 0 Å². The van der Waals surface area contributed by atoms with E-state index in [9.17, 15) is 0 Å². The van der Waals surface area contributed by atoms with E-state index in [2.05, 4.69) is 36.4 Å². The largest absolute Gasteiger partial charge is 0.497 e. The third-order valence-electron chi connectivity index (χ3n) is 3.15. The van der Waals surface area contributed by atoms with Crippen LogP contribution >= 0.6 is 11.8 Å². The summed E-state index contributed by atoms with van der Waals surface area (Å²) in [5.41, 5.74) is 4.26. The molecule has 0 bridgehead atoms. The van der Waals surface area contributed by atoms with Gasteiger partial charge in [-0.3, -0.25) is 0 Å². The fourth-order valence-electron chi connectivity index (χ4n) is 2.19. The van der Waals surface area contributed by atoms with Gasteiger partial charge in [-0.1, -0.05) is 24.3 Å². The third-order valence-corrected chi connectivity index (χ3v) is 4.31. The molecule has 0 spiro atoms. The van der Waals surface area contributed by atoms with Crippen LogP contribution in [-0.4, -0.2) is 7.11 Å². The second-order valence-corrected chi connectivity index (χ2v) is 5.22. The first-order valence-electron chi connectivity index (χ1n) is 5.73. The van der Waals surface area contributed by atoms with Gasteiger partial charge in [0.15, 0.2) is 0 Å². The van der Waals surface area contributed by atoms with E-state index >= 15 is 0 Å². The molecular formula is C15H14OS. The van der Waals surface area contributed by atoms with Crippen LogP contribution in [0, 0.1) is 0 Å². The highest BCUT2D eigenvalue weighted by Crippen LogP contribution is 2.35. The lowest BCUT2D eigenvalue weighted by atomic mass is 10.0. The molecule has 0 aromatic heterocycles. The highest BCUT2D eigenvalue weighted by molar-refractivity contribution is 7.98. The van der Waals surface area contributed by atoms with E-state index < -0.39 is 0 Å². The van der Waals surface area contributed by atoms with Gasteiger partial charge in [-0.2, -0.15) is 0 Å². The average molecular weight is 242 g/mol. The summed E-state index contributed by atoms with van der Waals surface area (Å²) in [6.45, 7) is 0. The first-order chi connectivity index (χ1) is 8.36. The number of thioether (sulfide) groups is 1. The molecule has 2 heteroatoms.